The molecule has 0 radical (unpaired) electrons. The first kappa shape index (κ1) is 22.5. The zero-order chi connectivity index (χ0) is 25.2. The minimum absolute atomic E-state index is 0.0363. The van der Waals surface area contributed by atoms with Gasteiger partial charge in [0.25, 0.3) is 0 Å². The van der Waals surface area contributed by atoms with Crippen molar-refractivity contribution in [3.8, 4) is 11.5 Å². The van der Waals surface area contributed by atoms with Crippen LogP contribution in [0.1, 0.15) is 62.4 Å². The molecule has 2 bridgehead atoms. The Morgan fingerprint density at radius 3 is 2.25 bits per heavy atom. The summed E-state index contributed by atoms with van der Waals surface area (Å²) in [6, 6.07) is 15.5. The van der Waals surface area contributed by atoms with Crippen LogP contribution >= 0.6 is 0 Å². The maximum atomic E-state index is 13.4. The van der Waals surface area contributed by atoms with Crippen molar-refractivity contribution in [1.29, 1.82) is 0 Å². The van der Waals surface area contributed by atoms with Gasteiger partial charge in [0.2, 0.25) is 0 Å². The van der Waals surface area contributed by atoms with E-state index in [1.165, 1.54) is 19.1 Å². The number of rotatable bonds is 3. The van der Waals surface area contributed by atoms with E-state index in [-0.39, 0.29) is 58.6 Å². The zero-order valence-corrected chi connectivity index (χ0v) is 19.3. The Morgan fingerprint density at radius 1 is 1.00 bits per heavy atom. The van der Waals surface area contributed by atoms with Crippen molar-refractivity contribution in [3.63, 3.8) is 0 Å². The third-order valence-electron chi connectivity index (χ3n) is 7.09. The molecule has 3 aliphatic rings. The molecule has 2 aliphatic carbocycles. The molecule has 2 N–H and O–H groups in total. The van der Waals surface area contributed by atoms with Gasteiger partial charge in [0.15, 0.2) is 11.6 Å². The molecule has 0 aromatic heterocycles. The summed E-state index contributed by atoms with van der Waals surface area (Å²) in [5, 5.41) is 22.7. The highest BCUT2D eigenvalue weighted by atomic mass is 16.6. The summed E-state index contributed by atoms with van der Waals surface area (Å²) in [6.45, 7) is 1.18. The molecule has 6 rings (SSSR count). The topological polar surface area (TPSA) is 119 Å². The average Bonchev–Trinajstić information content (AvgIpc) is 2.88. The fraction of sp³-hybridized carbons (Fsp3) is 0.222. The number of carbonyl (C=O) groups is 3. The molecular weight excluding hydrogens is 463 g/mol. The maximum absolute atomic E-state index is 13.4. The summed E-state index contributed by atoms with van der Waals surface area (Å²) < 4.78 is 17.9. The summed E-state index contributed by atoms with van der Waals surface area (Å²) >= 11 is 0. The van der Waals surface area contributed by atoms with Gasteiger partial charge in [-0.2, -0.15) is 0 Å². The first-order valence-corrected chi connectivity index (χ1v) is 11.6. The number of ketones is 2. The molecule has 0 spiro atoms. The number of phenols is 2. The Bertz CT molecular complexity index is 1450. The zero-order valence-electron chi connectivity index (χ0n) is 19.3. The highest BCUT2D eigenvalue weighted by Crippen LogP contribution is 2.53. The van der Waals surface area contributed by atoms with Gasteiger partial charge in [-0.25, -0.2) is 0 Å². The summed E-state index contributed by atoms with van der Waals surface area (Å²) in [7, 11) is -0.843. The lowest BCUT2D eigenvalue weighted by Crippen LogP contribution is -2.58. The second-order valence-electron chi connectivity index (χ2n) is 9.37. The average molecular weight is 484 g/mol. The van der Waals surface area contributed by atoms with Crippen LogP contribution in [0.3, 0.4) is 0 Å². The highest BCUT2D eigenvalue weighted by Gasteiger charge is 2.53. The Labute approximate surface area is 206 Å². The van der Waals surface area contributed by atoms with Crippen LogP contribution in [0.4, 0.5) is 0 Å². The van der Waals surface area contributed by atoms with Gasteiger partial charge in [0, 0.05) is 42.0 Å². The molecule has 3 aromatic carbocycles. The Hall–Kier alpha value is -3.95. The van der Waals surface area contributed by atoms with Crippen LogP contribution in [0.2, 0.25) is 0 Å². The van der Waals surface area contributed by atoms with E-state index >= 15 is 0 Å². The van der Waals surface area contributed by atoms with Gasteiger partial charge in [-0.15, -0.1) is 0 Å². The molecule has 2 atom stereocenters. The Morgan fingerprint density at radius 2 is 1.61 bits per heavy atom. The molecule has 1 aliphatic heterocycles. The van der Waals surface area contributed by atoms with Crippen molar-refractivity contribution >= 4 is 30.1 Å². The van der Waals surface area contributed by atoms with Crippen molar-refractivity contribution in [3.05, 3.63) is 88.0 Å². The largest absolute Gasteiger partial charge is 0.507 e. The second-order valence-corrected chi connectivity index (χ2v) is 9.37. The quantitative estimate of drug-likeness (QED) is 0.259. The van der Waals surface area contributed by atoms with E-state index in [1.807, 2.05) is 30.3 Å². The molecule has 9 heteroatoms. The number of hydrogen-bond donors (Lipinski definition) is 2. The number of benzene rings is 3. The van der Waals surface area contributed by atoms with Crippen molar-refractivity contribution < 1.29 is 38.6 Å². The van der Waals surface area contributed by atoms with Crippen molar-refractivity contribution in [1.82, 2.24) is 0 Å². The van der Waals surface area contributed by atoms with Gasteiger partial charge < -0.3 is 24.3 Å². The fourth-order valence-electron chi connectivity index (χ4n) is 5.49. The lowest BCUT2D eigenvalue weighted by atomic mass is 9.68. The number of ether oxygens (including phenoxy) is 1. The summed E-state index contributed by atoms with van der Waals surface area (Å²) in [4.78, 5) is 38.4. The van der Waals surface area contributed by atoms with E-state index in [1.54, 1.807) is 12.1 Å². The van der Waals surface area contributed by atoms with Crippen molar-refractivity contribution in [2.75, 3.05) is 6.61 Å². The number of phenolic OH excluding ortho intramolecular Hbond substituents is 2. The van der Waals surface area contributed by atoms with Crippen LogP contribution < -0.4 is 5.46 Å². The van der Waals surface area contributed by atoms with Crippen LogP contribution in [-0.4, -0.2) is 47.1 Å². The van der Waals surface area contributed by atoms with Crippen LogP contribution in [0, 0.1) is 0 Å². The highest BCUT2D eigenvalue weighted by molar-refractivity contribution is 6.61. The minimum atomic E-state index is -1.08. The summed E-state index contributed by atoms with van der Waals surface area (Å²) in [5.74, 6) is -2.37. The van der Waals surface area contributed by atoms with Crippen LogP contribution in [0.15, 0.2) is 54.6 Å². The molecule has 1 fully saturated rings. The molecule has 1 heterocycles. The second kappa shape index (κ2) is 8.04. The van der Waals surface area contributed by atoms with Crippen molar-refractivity contribution in [2.45, 2.75) is 31.5 Å². The lowest BCUT2D eigenvalue weighted by molar-refractivity contribution is -0.154. The number of fused-ring (bicyclic) bond motifs is 6. The van der Waals surface area contributed by atoms with E-state index in [4.69, 9.17) is 14.0 Å². The molecule has 180 valence electrons. The van der Waals surface area contributed by atoms with E-state index in [2.05, 4.69) is 0 Å². The predicted octanol–water partition coefficient (Wildman–Crippen LogP) is 2.60. The monoisotopic (exact) mass is 484 g/mol. The molecule has 0 amide bonds. The minimum Gasteiger partial charge on any atom is -0.507 e. The van der Waals surface area contributed by atoms with Gasteiger partial charge in [0.1, 0.15) is 18.1 Å². The van der Waals surface area contributed by atoms with E-state index < -0.39 is 42.1 Å². The van der Waals surface area contributed by atoms with Gasteiger partial charge in [0.05, 0.1) is 22.8 Å². The third kappa shape index (κ3) is 3.27. The molecule has 0 saturated carbocycles. The molecule has 3 aromatic rings. The Kier molecular flexibility index (Phi) is 5.03. The molecule has 8 nitrogen and oxygen atoms in total. The molecule has 1 saturated heterocycles. The van der Waals surface area contributed by atoms with E-state index in [0.29, 0.717) is 0 Å². The summed E-state index contributed by atoms with van der Waals surface area (Å²) in [5.41, 5.74) is -0.0201. The van der Waals surface area contributed by atoms with Crippen LogP contribution in [0.5, 0.6) is 11.5 Å². The molecule has 36 heavy (non-hydrogen) atoms. The number of carbonyl (C=O) groups excluding carboxylic acids is 3. The number of aromatic hydroxyl groups is 2. The molecule has 0 unspecified atom stereocenters. The van der Waals surface area contributed by atoms with Crippen LogP contribution in [0.25, 0.3) is 0 Å². The Balaban J connectivity index is 1.53. The van der Waals surface area contributed by atoms with Crippen molar-refractivity contribution in [2.24, 2.45) is 0 Å². The van der Waals surface area contributed by atoms with E-state index in [0.717, 1.165) is 5.46 Å². The third-order valence-corrected chi connectivity index (χ3v) is 7.09. The normalized spacial score (nSPS) is 21.9. The number of esters is 1. The van der Waals surface area contributed by atoms with Crippen LogP contribution in [-0.2, 0) is 25.3 Å². The fourth-order valence-corrected chi connectivity index (χ4v) is 5.49. The predicted molar refractivity (Wildman–Crippen MR) is 128 cm³/mol. The van der Waals surface area contributed by atoms with Gasteiger partial charge in [-0.3, -0.25) is 14.4 Å². The maximum Gasteiger partial charge on any atom is 0.494 e. The smallest absolute Gasteiger partial charge is 0.494 e. The lowest BCUT2D eigenvalue weighted by Gasteiger charge is -2.48. The first-order chi connectivity index (χ1) is 17.3. The first-order valence-electron chi connectivity index (χ1n) is 11.6. The van der Waals surface area contributed by atoms with Gasteiger partial charge in [-0.05, 0) is 5.46 Å². The standard InChI is InChI=1S/C27H21BO8/c1-14(29)34-13-27-11-18-20(19(12-27)35-28(36-27)15-7-3-2-4-8-15)26(33)22-21(25(18)32)23(30)16-9-5-6-10-17(16)24(22)31/h2-10,19,32-33H,11-13H2,1H3/t19-,27-/m0/s1. The van der Waals surface area contributed by atoms with E-state index in [9.17, 15) is 24.6 Å². The number of hydrogen-bond acceptors (Lipinski definition) is 8. The SMILES string of the molecule is CC(=O)OC[C@]12Cc3c(O)c4c(c(O)c3[C@H](C1)OB(c1ccccc1)O2)C(=O)c1ccccc1C4=O. The van der Waals surface area contributed by atoms with Gasteiger partial charge in [-0.1, -0.05) is 54.6 Å². The molecular formula is C27H21BO8. The van der Waals surface area contributed by atoms with Gasteiger partial charge >= 0.3 is 13.1 Å². The summed E-state index contributed by atoms with van der Waals surface area (Å²) in [6.07, 6.45) is -0.546.